The lowest BCUT2D eigenvalue weighted by Gasteiger charge is -2.26. The minimum absolute atomic E-state index is 0.154. The van der Waals surface area contributed by atoms with Crippen LogP contribution in [0.25, 0.3) is 0 Å². The molecule has 0 saturated heterocycles. The number of rotatable bonds is 43. The maximum absolute atomic E-state index is 12.4. The molecule has 314 valence electrons. The van der Waals surface area contributed by atoms with E-state index in [4.69, 9.17) is 0 Å². The van der Waals surface area contributed by atoms with Gasteiger partial charge in [0.15, 0.2) is 0 Å². The van der Waals surface area contributed by atoms with Crippen LogP contribution in [0.2, 0.25) is 0 Å². The Labute approximate surface area is 331 Å². The lowest BCUT2D eigenvalue weighted by molar-refractivity contribution is -0.124. The summed E-state index contributed by atoms with van der Waals surface area (Å²) in [5.41, 5.74) is 0. The lowest BCUT2D eigenvalue weighted by Crippen LogP contribution is -2.50. The molecule has 3 unspecified atom stereocenters. The number of amides is 1. The zero-order valence-electron chi connectivity index (χ0n) is 35.7. The minimum Gasteiger partial charge on any atom is -0.394 e. The topological polar surface area (TPSA) is 89.8 Å². The molecular formula is C48H93NO4. The fourth-order valence-corrected chi connectivity index (χ4v) is 7.33. The second-order valence-corrected chi connectivity index (χ2v) is 16.3. The van der Waals surface area contributed by atoms with Crippen molar-refractivity contribution >= 4 is 5.91 Å². The van der Waals surface area contributed by atoms with Gasteiger partial charge in [-0.25, -0.2) is 0 Å². The van der Waals surface area contributed by atoms with E-state index in [0.29, 0.717) is 12.8 Å². The Hall–Kier alpha value is -1.17. The number of aliphatic hydroxyl groups excluding tert-OH is 3. The van der Waals surface area contributed by atoms with E-state index in [2.05, 4.69) is 43.5 Å². The van der Waals surface area contributed by atoms with Gasteiger partial charge in [0, 0.05) is 6.42 Å². The molecule has 0 bridgehead atoms. The number of hydrogen-bond acceptors (Lipinski definition) is 4. The standard InChI is InChI=1S/C48H93NO4/c1-3-5-7-9-11-13-15-16-17-18-19-20-21-22-23-24-25-26-27-28-29-30-31-33-35-37-39-41-43-47(52)49-45(44-50)48(53)46(51)42-40-38-36-34-32-14-12-10-8-6-4-2/h22-23,34,36,45-46,48,50-51,53H,3-21,24-33,35,37-44H2,1-2H3,(H,49,52)/b23-22-,36-34+. The van der Waals surface area contributed by atoms with Crippen molar-refractivity contribution in [3.63, 3.8) is 0 Å². The minimum atomic E-state index is -1.16. The summed E-state index contributed by atoms with van der Waals surface area (Å²) in [6.45, 7) is 4.16. The van der Waals surface area contributed by atoms with Crippen molar-refractivity contribution in [1.82, 2.24) is 5.32 Å². The van der Waals surface area contributed by atoms with Crippen LogP contribution in [0.5, 0.6) is 0 Å². The first-order valence-electron chi connectivity index (χ1n) is 23.6. The maximum Gasteiger partial charge on any atom is 0.220 e. The molecule has 0 aliphatic carbocycles. The van der Waals surface area contributed by atoms with E-state index in [1.165, 1.54) is 186 Å². The number of aliphatic hydroxyl groups is 3. The summed E-state index contributed by atoms with van der Waals surface area (Å²) in [6, 6.07) is -0.823. The lowest BCUT2D eigenvalue weighted by atomic mass is 10.0. The summed E-state index contributed by atoms with van der Waals surface area (Å²) in [7, 11) is 0. The molecule has 5 nitrogen and oxygen atoms in total. The van der Waals surface area contributed by atoms with Crippen molar-refractivity contribution in [2.75, 3.05) is 6.61 Å². The molecule has 0 aliphatic rings. The van der Waals surface area contributed by atoms with Crippen molar-refractivity contribution in [2.45, 2.75) is 270 Å². The summed E-state index contributed by atoms with van der Waals surface area (Å²) in [6.07, 6.45) is 53.1. The summed E-state index contributed by atoms with van der Waals surface area (Å²) in [4.78, 5) is 12.4. The van der Waals surface area contributed by atoms with Crippen LogP contribution >= 0.6 is 0 Å². The highest BCUT2D eigenvalue weighted by atomic mass is 16.3. The molecule has 0 fully saturated rings. The fraction of sp³-hybridized carbons (Fsp3) is 0.896. The van der Waals surface area contributed by atoms with E-state index in [1.54, 1.807) is 0 Å². The Morgan fingerprint density at radius 2 is 0.755 bits per heavy atom. The van der Waals surface area contributed by atoms with Crippen molar-refractivity contribution in [2.24, 2.45) is 0 Å². The molecule has 0 radical (unpaired) electrons. The van der Waals surface area contributed by atoms with Gasteiger partial charge in [-0.3, -0.25) is 4.79 Å². The molecule has 0 saturated carbocycles. The molecule has 0 aromatic heterocycles. The average molecular weight is 748 g/mol. The predicted octanol–water partition coefficient (Wildman–Crippen LogP) is 13.8. The van der Waals surface area contributed by atoms with Crippen molar-refractivity contribution in [1.29, 1.82) is 0 Å². The third kappa shape index (κ3) is 38.9. The van der Waals surface area contributed by atoms with Crippen molar-refractivity contribution in [3.8, 4) is 0 Å². The molecule has 4 N–H and O–H groups in total. The van der Waals surface area contributed by atoms with Crippen LogP contribution in [0.1, 0.15) is 251 Å². The second-order valence-electron chi connectivity index (χ2n) is 16.3. The van der Waals surface area contributed by atoms with Crippen LogP contribution in [0.3, 0.4) is 0 Å². The Morgan fingerprint density at radius 3 is 1.09 bits per heavy atom. The molecule has 53 heavy (non-hydrogen) atoms. The Kier molecular flexibility index (Phi) is 42.6. The predicted molar refractivity (Wildman–Crippen MR) is 231 cm³/mol. The van der Waals surface area contributed by atoms with E-state index in [9.17, 15) is 20.1 Å². The highest BCUT2D eigenvalue weighted by molar-refractivity contribution is 5.76. The van der Waals surface area contributed by atoms with Crippen LogP contribution in [0.4, 0.5) is 0 Å². The molecule has 3 atom stereocenters. The smallest absolute Gasteiger partial charge is 0.220 e. The van der Waals surface area contributed by atoms with Gasteiger partial charge in [-0.1, -0.05) is 205 Å². The zero-order chi connectivity index (χ0) is 38.7. The van der Waals surface area contributed by atoms with Gasteiger partial charge in [-0.2, -0.15) is 0 Å². The summed E-state index contributed by atoms with van der Waals surface area (Å²) in [5, 5.41) is 33.4. The van der Waals surface area contributed by atoms with E-state index >= 15 is 0 Å². The third-order valence-corrected chi connectivity index (χ3v) is 11.0. The Morgan fingerprint density at radius 1 is 0.453 bits per heavy atom. The SMILES string of the molecule is CCCCCCCC/C=C/CCCC(O)C(O)C(CO)NC(=O)CCCCCCCCCCCCCC/C=C\CCCCCCCCCCCCCC. The first-order valence-corrected chi connectivity index (χ1v) is 23.6. The van der Waals surface area contributed by atoms with Gasteiger partial charge < -0.3 is 20.6 Å². The van der Waals surface area contributed by atoms with Gasteiger partial charge >= 0.3 is 0 Å². The van der Waals surface area contributed by atoms with Crippen LogP contribution in [0.15, 0.2) is 24.3 Å². The normalized spacial score (nSPS) is 13.7. The molecule has 0 aromatic carbocycles. The van der Waals surface area contributed by atoms with Gasteiger partial charge in [-0.15, -0.1) is 0 Å². The molecule has 0 heterocycles. The molecule has 1 amide bonds. The number of allylic oxidation sites excluding steroid dienone is 4. The van der Waals surface area contributed by atoms with Crippen molar-refractivity contribution in [3.05, 3.63) is 24.3 Å². The van der Waals surface area contributed by atoms with Gasteiger partial charge in [-0.05, 0) is 64.2 Å². The number of unbranched alkanes of at least 4 members (excludes halogenated alkanes) is 31. The molecule has 5 heteroatoms. The average Bonchev–Trinajstić information content (AvgIpc) is 3.16. The van der Waals surface area contributed by atoms with Gasteiger partial charge in [0.2, 0.25) is 5.91 Å². The van der Waals surface area contributed by atoms with Crippen LogP contribution in [-0.4, -0.2) is 46.1 Å². The largest absolute Gasteiger partial charge is 0.394 e. The maximum atomic E-state index is 12.4. The van der Waals surface area contributed by atoms with E-state index in [1.807, 2.05) is 0 Å². The van der Waals surface area contributed by atoms with Crippen molar-refractivity contribution < 1.29 is 20.1 Å². The highest BCUT2D eigenvalue weighted by Gasteiger charge is 2.26. The van der Waals surface area contributed by atoms with Gasteiger partial charge in [0.1, 0.15) is 6.10 Å². The van der Waals surface area contributed by atoms with E-state index in [-0.39, 0.29) is 12.5 Å². The monoisotopic (exact) mass is 748 g/mol. The molecule has 0 aromatic rings. The summed E-state index contributed by atoms with van der Waals surface area (Å²) < 4.78 is 0. The van der Waals surface area contributed by atoms with E-state index < -0.39 is 18.2 Å². The Balaban J connectivity index is 3.53. The third-order valence-electron chi connectivity index (χ3n) is 11.0. The quantitative estimate of drug-likeness (QED) is 0.0369. The number of hydrogen-bond donors (Lipinski definition) is 4. The van der Waals surface area contributed by atoms with E-state index in [0.717, 1.165) is 38.5 Å². The summed E-state index contributed by atoms with van der Waals surface area (Å²) in [5.74, 6) is -0.154. The highest BCUT2D eigenvalue weighted by Crippen LogP contribution is 2.16. The molecular weight excluding hydrogens is 655 g/mol. The number of nitrogens with one attached hydrogen (secondary N) is 1. The molecule has 0 spiro atoms. The van der Waals surface area contributed by atoms with Crippen LogP contribution in [-0.2, 0) is 4.79 Å². The number of carbonyl (C=O) groups is 1. The fourth-order valence-electron chi connectivity index (χ4n) is 7.33. The Bertz CT molecular complexity index is 784. The first kappa shape index (κ1) is 51.8. The second kappa shape index (κ2) is 43.6. The molecule has 0 aliphatic heterocycles. The van der Waals surface area contributed by atoms with Crippen LogP contribution in [0, 0.1) is 0 Å². The molecule has 0 rings (SSSR count). The summed E-state index contributed by atoms with van der Waals surface area (Å²) >= 11 is 0. The van der Waals surface area contributed by atoms with Crippen LogP contribution < -0.4 is 5.32 Å². The van der Waals surface area contributed by atoms with Gasteiger partial charge in [0.05, 0.1) is 18.8 Å². The van der Waals surface area contributed by atoms with Gasteiger partial charge in [0.25, 0.3) is 0 Å². The zero-order valence-corrected chi connectivity index (χ0v) is 35.7. The number of carbonyl (C=O) groups excluding carboxylic acids is 1. The first-order chi connectivity index (χ1) is 26.1.